The molecule has 104 valence electrons. The van der Waals surface area contributed by atoms with Gasteiger partial charge in [0.25, 0.3) is 0 Å². The number of halogens is 1. The van der Waals surface area contributed by atoms with Crippen LogP contribution < -0.4 is 15.8 Å². The first-order chi connectivity index (χ1) is 9.51. The highest BCUT2D eigenvalue weighted by atomic mass is 19.1. The zero-order valence-corrected chi connectivity index (χ0v) is 10.7. The Balaban J connectivity index is 2.24. The van der Waals surface area contributed by atoms with Crippen molar-refractivity contribution in [3.63, 3.8) is 0 Å². The standard InChI is InChI=1S/C14H13FN2O3/c1-20-13-5-3-8(6-11(13)15)17-9-2-4-10(14(18)19)12(16)7-9/h2-7,17H,16H2,1H3,(H,18,19). The first kappa shape index (κ1) is 13.7. The summed E-state index contributed by atoms with van der Waals surface area (Å²) in [5, 5.41) is 11.8. The number of ether oxygens (including phenoxy) is 1. The highest BCUT2D eigenvalue weighted by molar-refractivity contribution is 5.94. The maximum atomic E-state index is 13.5. The summed E-state index contributed by atoms with van der Waals surface area (Å²) in [6.07, 6.45) is 0. The minimum absolute atomic E-state index is 0.0245. The molecule has 0 aliphatic heterocycles. The van der Waals surface area contributed by atoms with Gasteiger partial charge in [-0.15, -0.1) is 0 Å². The van der Waals surface area contributed by atoms with Crippen LogP contribution in [-0.2, 0) is 0 Å². The molecule has 0 heterocycles. The maximum absolute atomic E-state index is 13.5. The van der Waals surface area contributed by atoms with Gasteiger partial charge in [0, 0.05) is 23.1 Å². The molecule has 0 amide bonds. The summed E-state index contributed by atoms with van der Waals surface area (Å²) in [6, 6.07) is 8.84. The van der Waals surface area contributed by atoms with Gasteiger partial charge in [-0.2, -0.15) is 0 Å². The van der Waals surface area contributed by atoms with E-state index in [-0.39, 0.29) is 17.0 Å². The van der Waals surface area contributed by atoms with E-state index in [1.54, 1.807) is 12.1 Å². The minimum atomic E-state index is -1.09. The molecule has 0 aliphatic carbocycles. The number of nitrogens with two attached hydrogens (primary N) is 1. The number of carboxylic acid groups (broad SMARTS) is 1. The van der Waals surface area contributed by atoms with E-state index in [1.807, 2.05) is 0 Å². The average Bonchev–Trinajstić information content (AvgIpc) is 2.38. The summed E-state index contributed by atoms with van der Waals surface area (Å²) in [5.74, 6) is -1.44. The van der Waals surface area contributed by atoms with Gasteiger partial charge in [-0.1, -0.05) is 0 Å². The molecule has 0 radical (unpaired) electrons. The van der Waals surface area contributed by atoms with Crippen LogP contribution in [0.5, 0.6) is 5.75 Å². The van der Waals surface area contributed by atoms with E-state index >= 15 is 0 Å². The lowest BCUT2D eigenvalue weighted by atomic mass is 10.1. The molecule has 0 aromatic heterocycles. The van der Waals surface area contributed by atoms with Gasteiger partial charge in [-0.05, 0) is 30.3 Å². The van der Waals surface area contributed by atoms with Gasteiger partial charge in [-0.25, -0.2) is 9.18 Å². The second-order valence-electron chi connectivity index (χ2n) is 4.08. The van der Waals surface area contributed by atoms with Crippen molar-refractivity contribution in [3.05, 3.63) is 47.8 Å². The van der Waals surface area contributed by atoms with E-state index in [0.717, 1.165) is 0 Å². The van der Waals surface area contributed by atoms with Crippen LogP contribution in [0.4, 0.5) is 21.5 Å². The molecule has 0 fully saturated rings. The third kappa shape index (κ3) is 2.80. The first-order valence-corrected chi connectivity index (χ1v) is 5.74. The second-order valence-corrected chi connectivity index (χ2v) is 4.08. The fourth-order valence-electron chi connectivity index (χ4n) is 1.75. The van der Waals surface area contributed by atoms with Gasteiger partial charge < -0.3 is 20.9 Å². The smallest absolute Gasteiger partial charge is 0.337 e. The van der Waals surface area contributed by atoms with Gasteiger partial charge in [-0.3, -0.25) is 0 Å². The van der Waals surface area contributed by atoms with Crippen molar-refractivity contribution in [2.45, 2.75) is 0 Å². The van der Waals surface area contributed by atoms with Gasteiger partial charge in [0.15, 0.2) is 11.6 Å². The molecule has 4 N–H and O–H groups in total. The van der Waals surface area contributed by atoms with Crippen molar-refractivity contribution in [3.8, 4) is 5.75 Å². The Morgan fingerprint density at radius 3 is 2.45 bits per heavy atom. The SMILES string of the molecule is COc1ccc(Nc2ccc(C(=O)O)c(N)c2)cc1F. The van der Waals surface area contributed by atoms with Crippen LogP contribution in [0.3, 0.4) is 0 Å². The zero-order valence-electron chi connectivity index (χ0n) is 10.7. The zero-order chi connectivity index (χ0) is 14.7. The van der Waals surface area contributed by atoms with Crippen LogP contribution in [0, 0.1) is 5.82 Å². The van der Waals surface area contributed by atoms with E-state index in [2.05, 4.69) is 5.32 Å². The van der Waals surface area contributed by atoms with Crippen LogP contribution in [0.1, 0.15) is 10.4 Å². The molecular formula is C14H13FN2O3. The number of aromatic carboxylic acids is 1. The lowest BCUT2D eigenvalue weighted by Crippen LogP contribution is -2.03. The number of hydrogen-bond donors (Lipinski definition) is 3. The molecule has 0 saturated heterocycles. The van der Waals surface area contributed by atoms with Crippen LogP contribution in [0.15, 0.2) is 36.4 Å². The summed E-state index contributed by atoms with van der Waals surface area (Å²) in [6.45, 7) is 0. The van der Waals surface area contributed by atoms with Crippen LogP contribution in [0.2, 0.25) is 0 Å². The Kier molecular flexibility index (Phi) is 3.74. The van der Waals surface area contributed by atoms with Crippen molar-refractivity contribution in [1.29, 1.82) is 0 Å². The number of anilines is 3. The predicted octanol–water partition coefficient (Wildman–Crippen LogP) is 2.86. The predicted molar refractivity (Wildman–Crippen MR) is 74.0 cm³/mol. The summed E-state index contributed by atoms with van der Waals surface area (Å²) >= 11 is 0. The van der Waals surface area contributed by atoms with Crippen molar-refractivity contribution < 1.29 is 19.0 Å². The summed E-state index contributed by atoms with van der Waals surface area (Å²) in [7, 11) is 1.39. The average molecular weight is 276 g/mol. The van der Waals surface area contributed by atoms with E-state index in [9.17, 15) is 9.18 Å². The van der Waals surface area contributed by atoms with Crippen molar-refractivity contribution in [2.75, 3.05) is 18.2 Å². The highest BCUT2D eigenvalue weighted by Gasteiger charge is 2.09. The molecule has 0 bridgehead atoms. The topological polar surface area (TPSA) is 84.6 Å². The Morgan fingerprint density at radius 1 is 1.25 bits per heavy atom. The van der Waals surface area contributed by atoms with E-state index in [1.165, 1.54) is 31.4 Å². The van der Waals surface area contributed by atoms with Gasteiger partial charge >= 0.3 is 5.97 Å². The largest absolute Gasteiger partial charge is 0.494 e. The number of nitrogens with one attached hydrogen (secondary N) is 1. The molecule has 2 rings (SSSR count). The number of carboxylic acids is 1. The minimum Gasteiger partial charge on any atom is -0.494 e. The molecule has 0 atom stereocenters. The fraction of sp³-hybridized carbons (Fsp3) is 0.0714. The number of benzene rings is 2. The molecule has 0 unspecified atom stereocenters. The lowest BCUT2D eigenvalue weighted by molar-refractivity contribution is 0.0698. The van der Waals surface area contributed by atoms with E-state index in [4.69, 9.17) is 15.6 Å². The molecule has 2 aromatic carbocycles. The van der Waals surface area contributed by atoms with Gasteiger partial charge in [0.05, 0.1) is 12.7 Å². The first-order valence-electron chi connectivity index (χ1n) is 5.74. The summed E-state index contributed by atoms with van der Waals surface area (Å²) < 4.78 is 18.4. The summed E-state index contributed by atoms with van der Waals surface area (Å²) in [4.78, 5) is 10.8. The Hall–Kier alpha value is -2.76. The third-order valence-corrected chi connectivity index (χ3v) is 2.72. The molecule has 0 saturated carbocycles. The Morgan fingerprint density at radius 2 is 1.90 bits per heavy atom. The van der Waals surface area contributed by atoms with Crippen LogP contribution >= 0.6 is 0 Å². The number of carbonyl (C=O) groups is 1. The van der Waals surface area contributed by atoms with Crippen molar-refractivity contribution in [1.82, 2.24) is 0 Å². The number of nitrogen functional groups attached to an aromatic ring is 1. The molecule has 5 nitrogen and oxygen atoms in total. The fourth-order valence-corrected chi connectivity index (χ4v) is 1.75. The number of hydrogen-bond acceptors (Lipinski definition) is 4. The van der Waals surface area contributed by atoms with Crippen LogP contribution in [0.25, 0.3) is 0 Å². The molecule has 2 aromatic rings. The second kappa shape index (κ2) is 5.48. The number of rotatable bonds is 4. The summed E-state index contributed by atoms with van der Waals surface area (Å²) in [5.41, 5.74) is 6.87. The number of methoxy groups -OCH3 is 1. The lowest BCUT2D eigenvalue weighted by Gasteiger charge is -2.10. The van der Waals surface area contributed by atoms with Gasteiger partial charge in [0.2, 0.25) is 0 Å². The molecular weight excluding hydrogens is 263 g/mol. The van der Waals surface area contributed by atoms with E-state index in [0.29, 0.717) is 11.4 Å². The van der Waals surface area contributed by atoms with Crippen LogP contribution in [-0.4, -0.2) is 18.2 Å². The van der Waals surface area contributed by atoms with E-state index < -0.39 is 11.8 Å². The van der Waals surface area contributed by atoms with Crippen molar-refractivity contribution in [2.24, 2.45) is 0 Å². The third-order valence-electron chi connectivity index (χ3n) is 2.72. The van der Waals surface area contributed by atoms with Crippen molar-refractivity contribution >= 4 is 23.0 Å². The Bertz CT molecular complexity index is 659. The quantitative estimate of drug-likeness (QED) is 0.748. The maximum Gasteiger partial charge on any atom is 0.337 e. The normalized spacial score (nSPS) is 10.1. The molecule has 0 aliphatic rings. The molecule has 6 heteroatoms. The highest BCUT2D eigenvalue weighted by Crippen LogP contribution is 2.25. The molecule has 0 spiro atoms. The Labute approximate surface area is 114 Å². The van der Waals surface area contributed by atoms with Gasteiger partial charge in [0.1, 0.15) is 0 Å². The molecule has 20 heavy (non-hydrogen) atoms. The monoisotopic (exact) mass is 276 g/mol.